The molecule has 1 rings (SSSR count). The molecule has 1 fully saturated rings. The maximum absolute atomic E-state index is 11.3. The molecule has 1 saturated heterocycles. The van der Waals surface area contributed by atoms with E-state index in [0.717, 1.165) is 13.0 Å². The largest absolute Gasteiger partial charge is 0.391 e. The Morgan fingerprint density at radius 3 is 2.69 bits per heavy atom. The lowest BCUT2D eigenvalue weighted by atomic mass is 10.1. The Labute approximate surface area is 76.5 Å². The van der Waals surface area contributed by atoms with Crippen molar-refractivity contribution in [3.63, 3.8) is 0 Å². The van der Waals surface area contributed by atoms with E-state index in [1.165, 1.54) is 6.92 Å². The summed E-state index contributed by atoms with van der Waals surface area (Å²) in [5.74, 6) is -0.218. The van der Waals surface area contributed by atoms with Gasteiger partial charge in [0.05, 0.1) is 12.1 Å². The first-order valence-corrected chi connectivity index (χ1v) is 4.32. The number of nitrogens with one attached hydrogen (secondary N) is 2. The molecule has 1 aliphatic rings. The van der Waals surface area contributed by atoms with Gasteiger partial charge < -0.3 is 20.5 Å². The van der Waals surface area contributed by atoms with Crippen molar-refractivity contribution in [1.29, 1.82) is 0 Å². The highest BCUT2D eigenvalue weighted by Gasteiger charge is 2.27. The lowest BCUT2D eigenvalue weighted by Gasteiger charge is -2.28. The van der Waals surface area contributed by atoms with E-state index >= 15 is 0 Å². The summed E-state index contributed by atoms with van der Waals surface area (Å²) in [6, 6.07) is -0.990. The molecule has 5 heteroatoms. The summed E-state index contributed by atoms with van der Waals surface area (Å²) in [5, 5.41) is 14.4. The average molecular weight is 186 g/mol. The quantitative estimate of drug-likeness (QED) is 0.463. The third-order valence-electron chi connectivity index (χ3n) is 2.12. The van der Waals surface area contributed by atoms with Crippen LogP contribution in [0.4, 0.5) is 0 Å². The summed E-state index contributed by atoms with van der Waals surface area (Å²) in [7, 11) is 0. The number of aliphatic hydroxyl groups is 1. The molecule has 1 aliphatic heterocycles. The molecule has 0 unspecified atom stereocenters. The van der Waals surface area contributed by atoms with Crippen LogP contribution < -0.4 is 10.6 Å². The molecule has 0 spiro atoms. The fraction of sp³-hybridized carbons (Fsp3) is 0.750. The van der Waals surface area contributed by atoms with Crippen LogP contribution in [0.1, 0.15) is 13.3 Å². The summed E-state index contributed by atoms with van der Waals surface area (Å²) in [6.07, 6.45) is 0.486. The van der Waals surface area contributed by atoms with E-state index in [1.807, 2.05) is 0 Å². The molecule has 0 aliphatic carbocycles. The zero-order valence-corrected chi connectivity index (χ0v) is 7.49. The molecule has 0 saturated carbocycles. The fourth-order valence-electron chi connectivity index (χ4n) is 1.05. The van der Waals surface area contributed by atoms with Gasteiger partial charge in [0.25, 0.3) is 0 Å². The number of carbonyl (C=O) groups is 2. The number of aliphatic hydroxyl groups excluding tert-OH is 1. The number of hydrogen-bond acceptors (Lipinski definition) is 4. The van der Waals surface area contributed by atoms with Crippen LogP contribution in [0, 0.1) is 0 Å². The topological polar surface area (TPSA) is 78.4 Å². The molecule has 5 nitrogen and oxygen atoms in total. The molecule has 0 aromatic heterocycles. The highest BCUT2D eigenvalue weighted by molar-refractivity contribution is 5.85. The minimum absolute atomic E-state index is 0.193. The first kappa shape index (κ1) is 10.1. The molecule has 3 N–H and O–H groups in total. The molecule has 0 bridgehead atoms. The van der Waals surface area contributed by atoms with Crippen molar-refractivity contribution in [3.8, 4) is 0 Å². The molecule has 74 valence electrons. The van der Waals surface area contributed by atoms with Gasteiger partial charge in [0.2, 0.25) is 5.91 Å². The lowest BCUT2D eigenvalue weighted by Crippen LogP contribution is -2.57. The Balaban J connectivity index is 2.36. The fourth-order valence-corrected chi connectivity index (χ4v) is 1.05. The van der Waals surface area contributed by atoms with Crippen molar-refractivity contribution in [2.45, 2.75) is 31.5 Å². The summed E-state index contributed by atoms with van der Waals surface area (Å²) in [4.78, 5) is 21.7. The van der Waals surface area contributed by atoms with Crippen LogP contribution in [-0.2, 0) is 9.59 Å². The SMILES string of the molecule is C[C@@H](O)[C@@H](C=O)NC(=O)[C@@H]1CCN1. The van der Waals surface area contributed by atoms with Gasteiger partial charge in [-0.3, -0.25) is 4.79 Å². The van der Waals surface area contributed by atoms with E-state index < -0.39 is 12.1 Å². The first-order valence-electron chi connectivity index (χ1n) is 4.32. The van der Waals surface area contributed by atoms with E-state index in [0.29, 0.717) is 6.29 Å². The second-order valence-corrected chi connectivity index (χ2v) is 3.21. The third kappa shape index (κ3) is 2.50. The van der Waals surface area contributed by atoms with E-state index in [-0.39, 0.29) is 11.9 Å². The van der Waals surface area contributed by atoms with Crippen molar-refractivity contribution < 1.29 is 14.7 Å². The molecular formula is C8H14N2O3. The molecule has 0 aromatic carbocycles. The van der Waals surface area contributed by atoms with Crippen molar-refractivity contribution in [2.75, 3.05) is 6.54 Å². The van der Waals surface area contributed by atoms with Crippen LogP contribution in [0.15, 0.2) is 0 Å². The third-order valence-corrected chi connectivity index (χ3v) is 2.12. The van der Waals surface area contributed by atoms with Gasteiger partial charge in [-0.2, -0.15) is 0 Å². The van der Waals surface area contributed by atoms with Crippen LogP contribution in [0.25, 0.3) is 0 Å². The second kappa shape index (κ2) is 4.34. The summed E-state index contributed by atoms with van der Waals surface area (Å²) < 4.78 is 0. The Morgan fingerprint density at radius 1 is 1.77 bits per heavy atom. The van der Waals surface area contributed by atoms with E-state index in [2.05, 4.69) is 10.6 Å². The van der Waals surface area contributed by atoms with Gasteiger partial charge in [0.15, 0.2) is 0 Å². The van der Waals surface area contributed by atoms with E-state index in [9.17, 15) is 9.59 Å². The maximum atomic E-state index is 11.3. The number of amides is 1. The highest BCUT2D eigenvalue weighted by Crippen LogP contribution is 2.02. The minimum atomic E-state index is -0.846. The number of carbonyl (C=O) groups excluding carboxylic acids is 2. The van der Waals surface area contributed by atoms with Gasteiger partial charge in [-0.25, -0.2) is 0 Å². The highest BCUT2D eigenvalue weighted by atomic mass is 16.3. The molecule has 13 heavy (non-hydrogen) atoms. The van der Waals surface area contributed by atoms with E-state index in [1.54, 1.807) is 0 Å². The van der Waals surface area contributed by atoms with Gasteiger partial charge in [-0.05, 0) is 19.9 Å². The lowest BCUT2D eigenvalue weighted by molar-refractivity contribution is -0.128. The Kier molecular flexibility index (Phi) is 3.39. The van der Waals surface area contributed by atoms with Crippen molar-refractivity contribution >= 4 is 12.2 Å². The number of aldehydes is 1. The summed E-state index contributed by atoms with van der Waals surface area (Å²) in [6.45, 7) is 2.30. The molecule has 0 aromatic rings. The number of hydrogen-bond donors (Lipinski definition) is 3. The Morgan fingerprint density at radius 2 is 2.38 bits per heavy atom. The van der Waals surface area contributed by atoms with Crippen molar-refractivity contribution in [3.05, 3.63) is 0 Å². The first-order chi connectivity index (χ1) is 6.15. The summed E-state index contributed by atoms with van der Waals surface area (Å²) in [5.41, 5.74) is 0. The molecule has 3 atom stereocenters. The molecule has 1 heterocycles. The van der Waals surface area contributed by atoms with Crippen molar-refractivity contribution in [2.24, 2.45) is 0 Å². The van der Waals surface area contributed by atoms with Crippen LogP contribution >= 0.6 is 0 Å². The standard InChI is InChI=1S/C8H14N2O3/c1-5(12)7(4-11)10-8(13)6-2-3-9-6/h4-7,9,12H,2-3H2,1H3,(H,10,13)/t5-,6+,7-/m1/s1. The van der Waals surface area contributed by atoms with Gasteiger partial charge in [-0.1, -0.05) is 0 Å². The van der Waals surface area contributed by atoms with Gasteiger partial charge in [0, 0.05) is 0 Å². The second-order valence-electron chi connectivity index (χ2n) is 3.21. The minimum Gasteiger partial charge on any atom is -0.391 e. The Hall–Kier alpha value is -0.940. The predicted molar refractivity (Wildman–Crippen MR) is 46.1 cm³/mol. The van der Waals surface area contributed by atoms with Crippen LogP contribution in [-0.4, -0.2) is 42.0 Å². The van der Waals surface area contributed by atoms with Crippen LogP contribution in [0.5, 0.6) is 0 Å². The average Bonchev–Trinajstić information content (AvgIpc) is 1.96. The summed E-state index contributed by atoms with van der Waals surface area (Å²) >= 11 is 0. The molecule has 1 amide bonds. The Bertz CT molecular complexity index is 202. The predicted octanol–water partition coefficient (Wildman–Crippen LogP) is -1.59. The van der Waals surface area contributed by atoms with Gasteiger partial charge in [-0.15, -0.1) is 0 Å². The zero-order valence-electron chi connectivity index (χ0n) is 7.49. The smallest absolute Gasteiger partial charge is 0.237 e. The van der Waals surface area contributed by atoms with E-state index in [4.69, 9.17) is 5.11 Å². The van der Waals surface area contributed by atoms with Gasteiger partial charge >= 0.3 is 0 Å². The maximum Gasteiger partial charge on any atom is 0.237 e. The molecule has 0 radical (unpaired) electrons. The number of rotatable bonds is 4. The zero-order chi connectivity index (χ0) is 9.84. The molecular weight excluding hydrogens is 172 g/mol. The van der Waals surface area contributed by atoms with Crippen LogP contribution in [0.3, 0.4) is 0 Å². The van der Waals surface area contributed by atoms with Crippen LogP contribution in [0.2, 0.25) is 0 Å². The van der Waals surface area contributed by atoms with Crippen molar-refractivity contribution in [1.82, 2.24) is 10.6 Å². The monoisotopic (exact) mass is 186 g/mol. The van der Waals surface area contributed by atoms with Gasteiger partial charge in [0.1, 0.15) is 12.3 Å². The normalized spacial score (nSPS) is 25.5.